The Bertz CT molecular complexity index is 867. The van der Waals surface area contributed by atoms with Crippen molar-refractivity contribution in [2.75, 3.05) is 0 Å². The van der Waals surface area contributed by atoms with E-state index in [9.17, 15) is 4.79 Å². The summed E-state index contributed by atoms with van der Waals surface area (Å²) in [5, 5.41) is 3.98. The lowest BCUT2D eigenvalue weighted by Crippen LogP contribution is -2.19. The molecule has 0 aliphatic heterocycles. The SMILES string of the molecule is Cc1noc(C)c1-c1cc(Br)c2c(c1)n(C)c(=O)n2C. The number of aryl methyl sites for hydroxylation is 4. The summed E-state index contributed by atoms with van der Waals surface area (Å²) in [5.41, 5.74) is 4.52. The van der Waals surface area contributed by atoms with Crippen LogP contribution in [0.2, 0.25) is 0 Å². The molecule has 0 aliphatic rings. The fraction of sp³-hybridized carbons (Fsp3) is 0.286. The van der Waals surface area contributed by atoms with Gasteiger partial charge in [-0.1, -0.05) is 5.16 Å². The molecule has 2 aromatic heterocycles. The standard InChI is InChI=1S/C14H14BrN3O2/c1-7-12(8(2)20-16-7)9-5-10(15)13-11(6-9)17(3)14(19)18(13)4/h5-6H,1-4H3. The third kappa shape index (κ3) is 1.67. The number of nitrogens with zero attached hydrogens (tertiary/aromatic N) is 3. The second kappa shape index (κ2) is 4.34. The quantitative estimate of drug-likeness (QED) is 0.687. The molecule has 0 aliphatic carbocycles. The molecule has 5 nitrogen and oxygen atoms in total. The van der Waals surface area contributed by atoms with Crippen LogP contribution in [0.3, 0.4) is 0 Å². The molecule has 0 saturated carbocycles. The highest BCUT2D eigenvalue weighted by Crippen LogP contribution is 2.33. The first-order chi connectivity index (χ1) is 9.41. The molecule has 3 aromatic rings. The number of halogens is 1. The van der Waals surface area contributed by atoms with Gasteiger partial charge in [-0.2, -0.15) is 0 Å². The van der Waals surface area contributed by atoms with Gasteiger partial charge in [0.1, 0.15) is 5.76 Å². The van der Waals surface area contributed by atoms with Crippen LogP contribution in [0, 0.1) is 13.8 Å². The predicted octanol–water partition coefficient (Wildman–Crippen LogP) is 2.91. The molecule has 0 unspecified atom stereocenters. The molecule has 0 saturated heterocycles. The van der Waals surface area contributed by atoms with E-state index in [2.05, 4.69) is 21.1 Å². The van der Waals surface area contributed by atoms with Gasteiger partial charge in [-0.25, -0.2) is 4.79 Å². The summed E-state index contributed by atoms with van der Waals surface area (Å²) in [5.74, 6) is 0.773. The van der Waals surface area contributed by atoms with Gasteiger partial charge in [0, 0.05) is 24.1 Å². The predicted molar refractivity (Wildman–Crippen MR) is 80.8 cm³/mol. The number of rotatable bonds is 1. The minimum absolute atomic E-state index is 0.0448. The van der Waals surface area contributed by atoms with E-state index in [1.54, 1.807) is 23.2 Å². The first kappa shape index (κ1) is 13.2. The highest BCUT2D eigenvalue weighted by atomic mass is 79.9. The monoisotopic (exact) mass is 335 g/mol. The molecule has 0 amide bonds. The second-order valence-corrected chi connectivity index (χ2v) is 5.78. The fourth-order valence-electron chi connectivity index (χ4n) is 2.64. The summed E-state index contributed by atoms with van der Waals surface area (Å²) in [7, 11) is 3.54. The zero-order chi connectivity index (χ0) is 14.6. The number of aromatic nitrogens is 3. The Morgan fingerprint density at radius 2 is 1.90 bits per heavy atom. The van der Waals surface area contributed by atoms with Crippen LogP contribution in [0.5, 0.6) is 0 Å². The molecular formula is C14H14BrN3O2. The van der Waals surface area contributed by atoms with Gasteiger partial charge in [0.2, 0.25) is 0 Å². The van der Waals surface area contributed by atoms with Crippen LogP contribution in [0.4, 0.5) is 0 Å². The third-order valence-corrected chi connectivity index (χ3v) is 4.24. The van der Waals surface area contributed by atoms with E-state index in [1.165, 1.54) is 0 Å². The molecule has 0 bridgehead atoms. The Morgan fingerprint density at radius 1 is 1.20 bits per heavy atom. The van der Waals surface area contributed by atoms with Crippen LogP contribution in [0.15, 0.2) is 25.9 Å². The van der Waals surface area contributed by atoms with Crippen molar-refractivity contribution in [3.8, 4) is 11.1 Å². The molecule has 2 heterocycles. The lowest BCUT2D eigenvalue weighted by atomic mass is 10.0. The summed E-state index contributed by atoms with van der Waals surface area (Å²) < 4.78 is 9.38. The van der Waals surface area contributed by atoms with Gasteiger partial charge in [-0.15, -0.1) is 0 Å². The highest BCUT2D eigenvalue weighted by molar-refractivity contribution is 9.10. The molecule has 3 rings (SSSR count). The smallest absolute Gasteiger partial charge is 0.328 e. The van der Waals surface area contributed by atoms with Crippen molar-refractivity contribution in [1.29, 1.82) is 0 Å². The van der Waals surface area contributed by atoms with Gasteiger partial charge in [-0.05, 0) is 47.5 Å². The van der Waals surface area contributed by atoms with E-state index in [-0.39, 0.29) is 5.69 Å². The molecule has 0 spiro atoms. The van der Waals surface area contributed by atoms with Crippen molar-refractivity contribution in [3.05, 3.63) is 38.5 Å². The second-order valence-electron chi connectivity index (χ2n) is 4.93. The maximum atomic E-state index is 12.0. The van der Waals surface area contributed by atoms with E-state index in [0.29, 0.717) is 0 Å². The summed E-state index contributed by atoms with van der Waals surface area (Å²) >= 11 is 3.56. The maximum absolute atomic E-state index is 12.0. The lowest BCUT2D eigenvalue weighted by Gasteiger charge is -2.05. The van der Waals surface area contributed by atoms with Crippen molar-refractivity contribution in [2.24, 2.45) is 14.1 Å². The van der Waals surface area contributed by atoms with Gasteiger partial charge in [0.25, 0.3) is 0 Å². The average Bonchev–Trinajstić information content (AvgIpc) is 2.84. The number of hydrogen-bond acceptors (Lipinski definition) is 3. The minimum atomic E-state index is -0.0448. The van der Waals surface area contributed by atoms with E-state index < -0.39 is 0 Å². The molecule has 0 fully saturated rings. The molecule has 6 heteroatoms. The first-order valence-corrected chi connectivity index (χ1v) is 6.99. The highest BCUT2D eigenvalue weighted by Gasteiger charge is 2.17. The van der Waals surface area contributed by atoms with Crippen molar-refractivity contribution >= 4 is 27.0 Å². The molecule has 0 radical (unpaired) electrons. The normalized spacial score (nSPS) is 11.4. The molecule has 0 atom stereocenters. The van der Waals surface area contributed by atoms with Crippen LogP contribution in [-0.4, -0.2) is 14.3 Å². The minimum Gasteiger partial charge on any atom is -0.361 e. The van der Waals surface area contributed by atoms with Gasteiger partial charge < -0.3 is 4.52 Å². The fourth-order valence-corrected chi connectivity index (χ4v) is 3.35. The zero-order valence-electron chi connectivity index (χ0n) is 11.7. The van der Waals surface area contributed by atoms with Gasteiger partial charge in [-0.3, -0.25) is 9.13 Å². The maximum Gasteiger partial charge on any atom is 0.328 e. The van der Waals surface area contributed by atoms with Crippen LogP contribution in [0.25, 0.3) is 22.2 Å². The third-order valence-electron chi connectivity index (χ3n) is 3.64. The van der Waals surface area contributed by atoms with E-state index >= 15 is 0 Å². The number of fused-ring (bicyclic) bond motifs is 1. The molecule has 104 valence electrons. The van der Waals surface area contributed by atoms with E-state index in [0.717, 1.165) is 38.1 Å². The summed E-state index contributed by atoms with van der Waals surface area (Å²) in [4.78, 5) is 12.0. The summed E-state index contributed by atoms with van der Waals surface area (Å²) in [6.45, 7) is 3.80. The van der Waals surface area contributed by atoms with Crippen molar-refractivity contribution in [1.82, 2.24) is 14.3 Å². The largest absolute Gasteiger partial charge is 0.361 e. The Kier molecular flexibility index (Phi) is 2.86. The van der Waals surface area contributed by atoms with E-state index in [4.69, 9.17) is 4.52 Å². The van der Waals surface area contributed by atoms with Crippen LogP contribution >= 0.6 is 15.9 Å². The zero-order valence-corrected chi connectivity index (χ0v) is 13.3. The van der Waals surface area contributed by atoms with Crippen molar-refractivity contribution < 1.29 is 4.52 Å². The van der Waals surface area contributed by atoms with Crippen LogP contribution in [0.1, 0.15) is 11.5 Å². The van der Waals surface area contributed by atoms with Gasteiger partial charge in [0.15, 0.2) is 0 Å². The Hall–Kier alpha value is -1.82. The van der Waals surface area contributed by atoms with Crippen molar-refractivity contribution in [3.63, 3.8) is 0 Å². The Balaban J connectivity index is 2.42. The van der Waals surface area contributed by atoms with Crippen molar-refractivity contribution in [2.45, 2.75) is 13.8 Å². The first-order valence-electron chi connectivity index (χ1n) is 6.20. The summed E-state index contributed by atoms with van der Waals surface area (Å²) in [6.07, 6.45) is 0. The number of hydrogen-bond donors (Lipinski definition) is 0. The van der Waals surface area contributed by atoms with Gasteiger partial charge >= 0.3 is 5.69 Å². The molecule has 20 heavy (non-hydrogen) atoms. The van der Waals surface area contributed by atoms with Crippen LogP contribution < -0.4 is 5.69 Å². The summed E-state index contributed by atoms with van der Waals surface area (Å²) in [6, 6.07) is 3.99. The molecule has 0 N–H and O–H groups in total. The number of imidazole rings is 1. The number of benzene rings is 1. The average molecular weight is 336 g/mol. The lowest BCUT2D eigenvalue weighted by molar-refractivity contribution is 0.393. The molecular weight excluding hydrogens is 322 g/mol. The Labute approximate surface area is 123 Å². The van der Waals surface area contributed by atoms with Crippen LogP contribution in [-0.2, 0) is 14.1 Å². The molecule has 1 aromatic carbocycles. The topological polar surface area (TPSA) is 53.0 Å². The Morgan fingerprint density at radius 3 is 2.50 bits per heavy atom. The van der Waals surface area contributed by atoms with Gasteiger partial charge in [0.05, 0.1) is 16.7 Å². The van der Waals surface area contributed by atoms with E-state index in [1.807, 2.05) is 26.0 Å².